The van der Waals surface area contributed by atoms with Gasteiger partial charge < -0.3 is 5.73 Å². The van der Waals surface area contributed by atoms with Gasteiger partial charge in [-0.15, -0.1) is 0 Å². The summed E-state index contributed by atoms with van der Waals surface area (Å²) in [6.07, 6.45) is 0. The molecule has 0 aliphatic carbocycles. The monoisotopic (exact) mass is 426 g/mol. The molecule has 0 bridgehead atoms. The van der Waals surface area contributed by atoms with Crippen molar-refractivity contribution < 1.29 is 12.8 Å². The smallest absolute Gasteiger partial charge is 0.263 e. The lowest BCUT2D eigenvalue weighted by molar-refractivity contribution is 0.600. The van der Waals surface area contributed by atoms with E-state index in [9.17, 15) is 12.8 Å². The van der Waals surface area contributed by atoms with Crippen molar-refractivity contribution in [1.29, 1.82) is 0 Å². The van der Waals surface area contributed by atoms with Crippen LogP contribution in [0.15, 0.2) is 41.3 Å². The predicted molar refractivity (Wildman–Crippen MR) is 85.8 cm³/mol. The third-order valence-corrected chi connectivity index (χ3v) is 5.00. The van der Waals surface area contributed by atoms with Gasteiger partial charge in [0.05, 0.1) is 11.4 Å². The number of hydrogen-bond acceptors (Lipinski definition) is 3. The van der Waals surface area contributed by atoms with E-state index in [0.717, 1.165) is 18.2 Å². The van der Waals surface area contributed by atoms with E-state index in [1.807, 2.05) is 22.6 Å². The van der Waals surface area contributed by atoms with E-state index in [1.54, 1.807) is 18.2 Å². The molecule has 0 saturated heterocycles. The molecule has 2 aromatic rings. The van der Waals surface area contributed by atoms with Gasteiger partial charge in [0.25, 0.3) is 10.0 Å². The number of halogens is 3. The molecule has 0 radical (unpaired) electrons. The molecule has 0 unspecified atom stereocenters. The Morgan fingerprint density at radius 1 is 1.20 bits per heavy atom. The summed E-state index contributed by atoms with van der Waals surface area (Å²) in [5.74, 6) is -0.595. The zero-order valence-electron chi connectivity index (χ0n) is 9.90. The van der Waals surface area contributed by atoms with Gasteiger partial charge in [0, 0.05) is 8.59 Å². The van der Waals surface area contributed by atoms with E-state index < -0.39 is 15.8 Å². The fraction of sp³-hybridized carbons (Fsp3) is 0. The van der Waals surface area contributed by atoms with E-state index in [1.165, 1.54) is 0 Å². The maximum Gasteiger partial charge on any atom is 0.263 e. The SMILES string of the molecule is Nc1cc(F)ccc1S(=O)(=O)Nc1ccc(Cl)cc1I. The Kier molecular flexibility index (Phi) is 4.40. The van der Waals surface area contributed by atoms with Crippen LogP contribution in [0.25, 0.3) is 0 Å². The zero-order chi connectivity index (χ0) is 14.9. The van der Waals surface area contributed by atoms with Gasteiger partial charge in [-0.3, -0.25) is 4.72 Å². The second kappa shape index (κ2) is 5.74. The van der Waals surface area contributed by atoms with Crippen LogP contribution in [0.3, 0.4) is 0 Å². The van der Waals surface area contributed by atoms with E-state index in [2.05, 4.69) is 4.72 Å². The number of nitrogens with one attached hydrogen (secondary N) is 1. The quantitative estimate of drug-likeness (QED) is 0.583. The Hall–Kier alpha value is -1.06. The number of nitrogens with two attached hydrogens (primary N) is 1. The van der Waals surface area contributed by atoms with Gasteiger partial charge in [0.2, 0.25) is 0 Å². The average molecular weight is 427 g/mol. The molecule has 0 amide bonds. The molecular formula is C12H9ClFIN2O2S. The van der Waals surface area contributed by atoms with E-state index in [-0.39, 0.29) is 10.6 Å². The Labute approximate surface area is 134 Å². The average Bonchev–Trinajstić information content (AvgIpc) is 2.32. The Balaban J connectivity index is 2.41. The maximum atomic E-state index is 13.0. The van der Waals surface area contributed by atoms with Crippen LogP contribution < -0.4 is 10.5 Å². The fourth-order valence-corrected chi connectivity index (χ4v) is 3.92. The van der Waals surface area contributed by atoms with Crippen molar-refractivity contribution in [1.82, 2.24) is 0 Å². The minimum Gasteiger partial charge on any atom is -0.398 e. The molecule has 0 aromatic heterocycles. The van der Waals surface area contributed by atoms with Gasteiger partial charge in [0.15, 0.2) is 0 Å². The summed E-state index contributed by atoms with van der Waals surface area (Å²) >= 11 is 7.76. The number of anilines is 2. The number of nitrogen functional groups attached to an aromatic ring is 1. The molecular weight excluding hydrogens is 418 g/mol. The topological polar surface area (TPSA) is 72.2 Å². The molecule has 106 valence electrons. The zero-order valence-corrected chi connectivity index (χ0v) is 13.6. The van der Waals surface area contributed by atoms with Crippen LogP contribution in [0, 0.1) is 9.39 Å². The van der Waals surface area contributed by atoms with Crippen LogP contribution in [0.4, 0.5) is 15.8 Å². The molecule has 2 aromatic carbocycles. The van der Waals surface area contributed by atoms with Gasteiger partial charge >= 0.3 is 0 Å². The standard InChI is InChI=1S/C12H9ClFIN2O2S/c13-7-1-3-11(9(15)5-7)17-20(18,19)12-4-2-8(14)6-10(12)16/h1-6,17H,16H2. The lowest BCUT2D eigenvalue weighted by Crippen LogP contribution is -2.15. The van der Waals surface area contributed by atoms with Crippen LogP contribution in [0.5, 0.6) is 0 Å². The van der Waals surface area contributed by atoms with Gasteiger partial charge in [0.1, 0.15) is 10.7 Å². The second-order valence-electron chi connectivity index (χ2n) is 3.91. The van der Waals surface area contributed by atoms with Crippen molar-refractivity contribution in [2.24, 2.45) is 0 Å². The Bertz CT molecular complexity index is 768. The summed E-state index contributed by atoms with van der Waals surface area (Å²) in [6, 6.07) is 7.85. The largest absolute Gasteiger partial charge is 0.398 e. The van der Waals surface area contributed by atoms with Gasteiger partial charge in [-0.1, -0.05) is 11.6 Å². The van der Waals surface area contributed by atoms with Crippen LogP contribution in [-0.2, 0) is 10.0 Å². The van der Waals surface area contributed by atoms with Crippen molar-refractivity contribution in [3.8, 4) is 0 Å². The van der Waals surface area contributed by atoms with Crippen LogP contribution >= 0.6 is 34.2 Å². The maximum absolute atomic E-state index is 13.0. The third-order valence-electron chi connectivity index (χ3n) is 2.44. The molecule has 2 rings (SSSR count). The summed E-state index contributed by atoms with van der Waals surface area (Å²) in [6.45, 7) is 0. The number of rotatable bonds is 3. The number of benzene rings is 2. The lowest BCUT2D eigenvalue weighted by atomic mass is 10.3. The summed E-state index contributed by atoms with van der Waals surface area (Å²) in [5, 5.41) is 0.499. The molecule has 0 saturated carbocycles. The first-order chi connectivity index (χ1) is 9.29. The van der Waals surface area contributed by atoms with Crippen molar-refractivity contribution in [3.05, 3.63) is 50.8 Å². The predicted octanol–water partition coefficient (Wildman–Crippen LogP) is 3.47. The fourth-order valence-electron chi connectivity index (χ4n) is 1.54. The molecule has 0 spiro atoms. The van der Waals surface area contributed by atoms with Crippen LogP contribution in [-0.4, -0.2) is 8.42 Å². The lowest BCUT2D eigenvalue weighted by Gasteiger charge is -2.11. The highest BCUT2D eigenvalue weighted by Gasteiger charge is 2.19. The van der Waals surface area contributed by atoms with Crippen molar-refractivity contribution in [3.63, 3.8) is 0 Å². The summed E-state index contributed by atoms with van der Waals surface area (Å²) in [5.41, 5.74) is 5.76. The first-order valence-corrected chi connectivity index (χ1v) is 8.26. The van der Waals surface area contributed by atoms with Crippen LogP contribution in [0.1, 0.15) is 0 Å². The highest BCUT2D eigenvalue weighted by molar-refractivity contribution is 14.1. The molecule has 0 aliphatic heterocycles. The Morgan fingerprint density at radius 2 is 1.90 bits per heavy atom. The number of sulfonamides is 1. The van der Waals surface area contributed by atoms with E-state index >= 15 is 0 Å². The molecule has 3 N–H and O–H groups in total. The molecule has 20 heavy (non-hydrogen) atoms. The molecule has 0 heterocycles. The van der Waals surface area contributed by atoms with E-state index in [4.69, 9.17) is 17.3 Å². The highest BCUT2D eigenvalue weighted by atomic mass is 127. The molecule has 0 aliphatic rings. The van der Waals surface area contributed by atoms with Gasteiger partial charge in [-0.05, 0) is 59.0 Å². The Morgan fingerprint density at radius 3 is 2.50 bits per heavy atom. The minimum atomic E-state index is -3.89. The third kappa shape index (κ3) is 3.33. The van der Waals surface area contributed by atoms with Crippen molar-refractivity contribution in [2.75, 3.05) is 10.5 Å². The first-order valence-electron chi connectivity index (χ1n) is 5.32. The van der Waals surface area contributed by atoms with Crippen LogP contribution in [0.2, 0.25) is 5.02 Å². The molecule has 4 nitrogen and oxygen atoms in total. The summed E-state index contributed by atoms with van der Waals surface area (Å²) in [4.78, 5) is -0.176. The minimum absolute atomic E-state index is 0.151. The van der Waals surface area contributed by atoms with E-state index in [0.29, 0.717) is 14.3 Å². The molecule has 8 heteroatoms. The molecule has 0 atom stereocenters. The summed E-state index contributed by atoms with van der Waals surface area (Å²) in [7, 11) is -3.89. The number of hydrogen-bond donors (Lipinski definition) is 2. The van der Waals surface area contributed by atoms with Crippen molar-refractivity contribution in [2.45, 2.75) is 4.90 Å². The highest BCUT2D eigenvalue weighted by Crippen LogP contribution is 2.27. The molecule has 0 fully saturated rings. The first kappa shape index (κ1) is 15.3. The van der Waals surface area contributed by atoms with Gasteiger partial charge in [-0.2, -0.15) is 0 Å². The second-order valence-corrected chi connectivity index (χ2v) is 7.16. The normalized spacial score (nSPS) is 11.3. The van der Waals surface area contributed by atoms with Crippen molar-refractivity contribution >= 4 is 55.6 Å². The van der Waals surface area contributed by atoms with Gasteiger partial charge in [-0.25, -0.2) is 12.8 Å². The summed E-state index contributed by atoms with van der Waals surface area (Å²) < 4.78 is 40.4.